The fourth-order valence-corrected chi connectivity index (χ4v) is 2.16. The Kier molecular flexibility index (Phi) is 4.16. The van der Waals surface area contributed by atoms with Crippen molar-refractivity contribution >= 4 is 11.8 Å². The Morgan fingerprint density at radius 3 is 2.58 bits per heavy atom. The Balaban J connectivity index is 2.16. The molecular weight excluding hydrogens is 244 g/mol. The first-order valence-corrected chi connectivity index (χ1v) is 6.27. The van der Waals surface area contributed by atoms with Crippen molar-refractivity contribution in [1.29, 1.82) is 0 Å². The molecule has 102 valence electrons. The number of piperazine rings is 1. The quantitative estimate of drug-likeness (QED) is 0.862. The van der Waals surface area contributed by atoms with Crippen molar-refractivity contribution in [3.05, 3.63) is 35.9 Å². The number of hydrogen-bond acceptors (Lipinski definition) is 3. The van der Waals surface area contributed by atoms with Crippen molar-refractivity contribution in [3.8, 4) is 0 Å². The van der Waals surface area contributed by atoms with Gasteiger partial charge in [-0.05, 0) is 12.5 Å². The van der Waals surface area contributed by atoms with E-state index in [2.05, 4.69) is 5.32 Å². The summed E-state index contributed by atoms with van der Waals surface area (Å²) in [6, 6.07) is 8.60. The lowest BCUT2D eigenvalue weighted by Crippen LogP contribution is -2.63. The van der Waals surface area contributed by atoms with E-state index >= 15 is 0 Å². The highest BCUT2D eigenvalue weighted by molar-refractivity contribution is 5.96. The second kappa shape index (κ2) is 5.84. The van der Waals surface area contributed by atoms with Crippen LogP contribution in [0.2, 0.25) is 0 Å². The summed E-state index contributed by atoms with van der Waals surface area (Å²) in [4.78, 5) is 25.8. The third-order valence-electron chi connectivity index (χ3n) is 3.27. The van der Waals surface area contributed by atoms with Gasteiger partial charge in [0, 0.05) is 13.7 Å². The Morgan fingerprint density at radius 2 is 1.95 bits per heavy atom. The van der Waals surface area contributed by atoms with Gasteiger partial charge in [0.15, 0.2) is 0 Å². The normalized spacial score (nSPS) is 23.4. The Morgan fingerprint density at radius 1 is 1.26 bits per heavy atom. The molecule has 1 aliphatic heterocycles. The standard InChI is InChI=1S/C14H18N2O3/c1-10-13(17)15-12(9-19-2)14(18)16(10)8-11-6-4-3-5-7-11/h3-7,10,12H,8-9H2,1-2H3,(H,15,17)/t10-,12+/m0/s1. The van der Waals surface area contributed by atoms with Gasteiger partial charge in [-0.25, -0.2) is 0 Å². The molecule has 1 aliphatic rings. The lowest BCUT2D eigenvalue weighted by Gasteiger charge is -2.37. The van der Waals surface area contributed by atoms with Gasteiger partial charge in [0.25, 0.3) is 0 Å². The molecule has 1 saturated heterocycles. The highest BCUT2D eigenvalue weighted by Crippen LogP contribution is 2.14. The number of carbonyl (C=O) groups is 2. The topological polar surface area (TPSA) is 58.6 Å². The molecular formula is C14H18N2O3. The van der Waals surface area contributed by atoms with Gasteiger partial charge in [0.2, 0.25) is 11.8 Å². The molecule has 1 fully saturated rings. The summed E-state index contributed by atoms with van der Waals surface area (Å²) in [6.07, 6.45) is 0. The van der Waals surface area contributed by atoms with Crippen LogP contribution in [-0.2, 0) is 20.9 Å². The van der Waals surface area contributed by atoms with Crippen LogP contribution >= 0.6 is 0 Å². The summed E-state index contributed by atoms with van der Waals surface area (Å²) in [7, 11) is 1.51. The van der Waals surface area contributed by atoms with Crippen LogP contribution in [-0.4, -0.2) is 42.5 Å². The molecule has 1 heterocycles. The molecule has 1 aromatic carbocycles. The van der Waals surface area contributed by atoms with E-state index in [-0.39, 0.29) is 18.4 Å². The van der Waals surface area contributed by atoms with Crippen molar-refractivity contribution in [1.82, 2.24) is 10.2 Å². The van der Waals surface area contributed by atoms with Gasteiger partial charge in [-0.2, -0.15) is 0 Å². The predicted octanol–water partition coefficient (Wildman–Crippen LogP) is 0.548. The average Bonchev–Trinajstić information content (AvgIpc) is 2.42. The smallest absolute Gasteiger partial charge is 0.248 e. The van der Waals surface area contributed by atoms with Crippen LogP contribution in [0.15, 0.2) is 30.3 Å². The van der Waals surface area contributed by atoms with Gasteiger partial charge in [-0.3, -0.25) is 9.59 Å². The molecule has 5 heteroatoms. The summed E-state index contributed by atoms with van der Waals surface area (Å²) in [6.45, 7) is 2.37. The van der Waals surface area contributed by atoms with Crippen LogP contribution in [0, 0.1) is 0 Å². The highest BCUT2D eigenvalue weighted by Gasteiger charge is 2.37. The number of ether oxygens (including phenoxy) is 1. The number of amides is 2. The minimum Gasteiger partial charge on any atom is -0.382 e. The molecule has 1 N–H and O–H groups in total. The van der Waals surface area contributed by atoms with Crippen LogP contribution in [0.3, 0.4) is 0 Å². The first-order valence-electron chi connectivity index (χ1n) is 6.27. The van der Waals surface area contributed by atoms with Gasteiger partial charge in [-0.1, -0.05) is 30.3 Å². The third kappa shape index (κ3) is 2.93. The number of hydrogen-bond donors (Lipinski definition) is 1. The first-order chi connectivity index (χ1) is 9.13. The number of carbonyl (C=O) groups excluding carboxylic acids is 2. The fourth-order valence-electron chi connectivity index (χ4n) is 2.16. The van der Waals surface area contributed by atoms with E-state index in [9.17, 15) is 9.59 Å². The molecule has 0 bridgehead atoms. The minimum absolute atomic E-state index is 0.0993. The molecule has 2 atom stereocenters. The van der Waals surface area contributed by atoms with E-state index in [1.807, 2.05) is 30.3 Å². The summed E-state index contributed by atoms with van der Waals surface area (Å²) in [5.41, 5.74) is 1.01. The predicted molar refractivity (Wildman–Crippen MR) is 70.3 cm³/mol. The van der Waals surface area contributed by atoms with E-state index in [1.165, 1.54) is 7.11 Å². The summed E-state index contributed by atoms with van der Waals surface area (Å²) >= 11 is 0. The van der Waals surface area contributed by atoms with E-state index in [0.29, 0.717) is 6.54 Å². The van der Waals surface area contributed by atoms with Crippen molar-refractivity contribution in [2.24, 2.45) is 0 Å². The van der Waals surface area contributed by atoms with E-state index in [1.54, 1.807) is 11.8 Å². The third-order valence-corrected chi connectivity index (χ3v) is 3.27. The summed E-state index contributed by atoms with van der Waals surface area (Å²) in [5, 5.41) is 2.68. The van der Waals surface area contributed by atoms with Crippen LogP contribution in [0.4, 0.5) is 0 Å². The van der Waals surface area contributed by atoms with Crippen LogP contribution in [0.5, 0.6) is 0 Å². The zero-order valence-corrected chi connectivity index (χ0v) is 11.1. The zero-order valence-electron chi connectivity index (χ0n) is 11.1. The highest BCUT2D eigenvalue weighted by atomic mass is 16.5. The molecule has 0 spiro atoms. The summed E-state index contributed by atoms with van der Waals surface area (Å²) in [5.74, 6) is -0.240. The first kappa shape index (κ1) is 13.5. The lowest BCUT2D eigenvalue weighted by molar-refractivity contribution is -0.150. The van der Waals surface area contributed by atoms with E-state index in [4.69, 9.17) is 4.74 Å². The molecule has 0 saturated carbocycles. The number of nitrogens with zero attached hydrogens (tertiary/aromatic N) is 1. The van der Waals surface area contributed by atoms with Gasteiger partial charge in [0.05, 0.1) is 6.61 Å². The zero-order chi connectivity index (χ0) is 13.8. The average molecular weight is 262 g/mol. The second-order valence-corrected chi connectivity index (χ2v) is 4.64. The van der Waals surface area contributed by atoms with Crippen LogP contribution < -0.4 is 5.32 Å². The molecule has 5 nitrogen and oxygen atoms in total. The number of benzene rings is 1. The van der Waals surface area contributed by atoms with Crippen molar-refractivity contribution < 1.29 is 14.3 Å². The van der Waals surface area contributed by atoms with Crippen LogP contribution in [0.25, 0.3) is 0 Å². The molecule has 0 radical (unpaired) electrons. The van der Waals surface area contributed by atoms with Gasteiger partial charge in [0.1, 0.15) is 12.1 Å². The largest absolute Gasteiger partial charge is 0.382 e. The van der Waals surface area contributed by atoms with Crippen molar-refractivity contribution in [3.63, 3.8) is 0 Å². The molecule has 0 aliphatic carbocycles. The SMILES string of the molecule is COC[C@H]1NC(=O)[C@H](C)N(Cc2ccccc2)C1=O. The molecule has 0 unspecified atom stereocenters. The number of methoxy groups -OCH3 is 1. The molecule has 2 amide bonds. The van der Waals surface area contributed by atoms with Gasteiger partial charge in [-0.15, -0.1) is 0 Å². The number of rotatable bonds is 4. The minimum atomic E-state index is -0.586. The Labute approximate surface area is 112 Å². The maximum Gasteiger partial charge on any atom is 0.248 e. The van der Waals surface area contributed by atoms with Gasteiger partial charge < -0.3 is 15.0 Å². The summed E-state index contributed by atoms with van der Waals surface area (Å²) < 4.78 is 4.97. The molecule has 19 heavy (non-hydrogen) atoms. The van der Waals surface area contributed by atoms with Gasteiger partial charge >= 0.3 is 0 Å². The fraction of sp³-hybridized carbons (Fsp3) is 0.429. The lowest BCUT2D eigenvalue weighted by atomic mass is 10.1. The second-order valence-electron chi connectivity index (χ2n) is 4.64. The van der Waals surface area contributed by atoms with E-state index in [0.717, 1.165) is 5.56 Å². The molecule has 0 aromatic heterocycles. The monoisotopic (exact) mass is 262 g/mol. The Bertz CT molecular complexity index is 461. The van der Waals surface area contributed by atoms with E-state index < -0.39 is 12.1 Å². The molecule has 2 rings (SSSR count). The maximum atomic E-state index is 12.3. The maximum absolute atomic E-state index is 12.3. The Hall–Kier alpha value is -1.88. The van der Waals surface area contributed by atoms with Crippen molar-refractivity contribution in [2.75, 3.05) is 13.7 Å². The van der Waals surface area contributed by atoms with Crippen LogP contribution in [0.1, 0.15) is 12.5 Å². The molecule has 1 aromatic rings. The van der Waals surface area contributed by atoms with Crippen molar-refractivity contribution in [2.45, 2.75) is 25.6 Å². The number of nitrogens with one attached hydrogen (secondary N) is 1.